The van der Waals surface area contributed by atoms with Crippen molar-refractivity contribution < 1.29 is 18.0 Å². The Labute approximate surface area is 119 Å². The van der Waals surface area contributed by atoms with Gasteiger partial charge in [-0.15, -0.1) is 0 Å². The number of benzene rings is 1. The van der Waals surface area contributed by atoms with Gasteiger partial charge in [0.25, 0.3) is 5.78 Å². The van der Waals surface area contributed by atoms with Crippen LogP contribution < -0.4 is 4.90 Å². The van der Waals surface area contributed by atoms with Gasteiger partial charge in [-0.25, -0.2) is 4.98 Å². The minimum absolute atomic E-state index is 0.412. The van der Waals surface area contributed by atoms with Gasteiger partial charge in [0.05, 0.1) is 0 Å². The number of aromatic nitrogens is 1. The first kappa shape index (κ1) is 14.8. The van der Waals surface area contributed by atoms with Crippen LogP contribution in [0, 0.1) is 0 Å². The summed E-state index contributed by atoms with van der Waals surface area (Å²) < 4.78 is 36.8. The van der Waals surface area contributed by atoms with Crippen LogP contribution in [-0.4, -0.2) is 16.9 Å². The molecule has 2 rings (SSSR count). The second-order valence-corrected chi connectivity index (χ2v) is 4.07. The van der Waals surface area contributed by atoms with Crippen molar-refractivity contribution >= 4 is 17.3 Å². The molecular formula is C15H11F3N2O. The van der Waals surface area contributed by atoms with Crippen LogP contribution in [0.25, 0.3) is 0 Å². The summed E-state index contributed by atoms with van der Waals surface area (Å²) >= 11 is 0. The van der Waals surface area contributed by atoms with Crippen LogP contribution in [0.4, 0.5) is 24.7 Å². The van der Waals surface area contributed by atoms with E-state index in [0.717, 1.165) is 6.20 Å². The van der Waals surface area contributed by atoms with Gasteiger partial charge in [-0.05, 0) is 24.3 Å². The van der Waals surface area contributed by atoms with E-state index in [1.54, 1.807) is 48.5 Å². The van der Waals surface area contributed by atoms with Crippen molar-refractivity contribution in [3.05, 3.63) is 67.0 Å². The molecule has 0 amide bonds. The van der Waals surface area contributed by atoms with Crippen molar-refractivity contribution in [3.63, 3.8) is 0 Å². The highest BCUT2D eigenvalue weighted by Gasteiger charge is 2.36. The number of pyridine rings is 1. The van der Waals surface area contributed by atoms with Gasteiger partial charge in [0.15, 0.2) is 0 Å². The van der Waals surface area contributed by atoms with E-state index >= 15 is 0 Å². The molecule has 1 aromatic carbocycles. The van der Waals surface area contributed by atoms with Gasteiger partial charge in [0.2, 0.25) is 0 Å². The Morgan fingerprint density at radius 1 is 1.05 bits per heavy atom. The molecule has 2 aromatic rings. The van der Waals surface area contributed by atoms with E-state index in [-0.39, 0.29) is 0 Å². The summed E-state index contributed by atoms with van der Waals surface area (Å²) in [5, 5.41) is 0. The molecule has 0 saturated heterocycles. The average molecular weight is 292 g/mol. The fourth-order valence-corrected chi connectivity index (χ4v) is 1.62. The third kappa shape index (κ3) is 3.92. The number of carbonyl (C=O) groups excluding carboxylic acids is 1. The number of carbonyl (C=O) groups is 1. The number of allylic oxidation sites excluding steroid dienone is 1. The minimum Gasteiger partial charge on any atom is -0.302 e. The predicted molar refractivity (Wildman–Crippen MR) is 73.0 cm³/mol. The minimum atomic E-state index is -4.89. The molecule has 0 spiro atoms. The quantitative estimate of drug-likeness (QED) is 0.802. The molecule has 1 aromatic heterocycles. The smallest absolute Gasteiger partial charge is 0.302 e. The van der Waals surface area contributed by atoms with Crippen LogP contribution in [0.15, 0.2) is 67.0 Å². The molecule has 0 atom stereocenters. The maximum Gasteiger partial charge on any atom is 0.454 e. The molecule has 0 bridgehead atoms. The Hall–Kier alpha value is -2.63. The van der Waals surface area contributed by atoms with Crippen molar-refractivity contribution in [3.8, 4) is 0 Å². The van der Waals surface area contributed by atoms with E-state index in [4.69, 9.17) is 0 Å². The first-order valence-corrected chi connectivity index (χ1v) is 6.03. The van der Waals surface area contributed by atoms with Gasteiger partial charge in [-0.2, -0.15) is 13.2 Å². The van der Waals surface area contributed by atoms with Crippen molar-refractivity contribution in [1.29, 1.82) is 0 Å². The first-order valence-electron chi connectivity index (χ1n) is 6.03. The molecule has 1 heterocycles. The summed E-state index contributed by atoms with van der Waals surface area (Å²) in [4.78, 5) is 16.5. The van der Waals surface area contributed by atoms with Gasteiger partial charge in [0.1, 0.15) is 5.82 Å². The van der Waals surface area contributed by atoms with E-state index < -0.39 is 12.0 Å². The number of hydrogen-bond acceptors (Lipinski definition) is 3. The summed E-state index contributed by atoms with van der Waals surface area (Å²) in [6.45, 7) is 0. The van der Waals surface area contributed by atoms with Crippen LogP contribution in [-0.2, 0) is 4.79 Å². The number of para-hydroxylation sites is 1. The van der Waals surface area contributed by atoms with Crippen LogP contribution >= 0.6 is 0 Å². The lowest BCUT2D eigenvalue weighted by Gasteiger charge is -2.19. The molecule has 0 aliphatic rings. The number of ketones is 1. The van der Waals surface area contributed by atoms with Crippen molar-refractivity contribution in [2.75, 3.05) is 4.90 Å². The molecule has 0 radical (unpaired) electrons. The molecule has 0 unspecified atom stereocenters. The van der Waals surface area contributed by atoms with Crippen LogP contribution in [0.3, 0.4) is 0 Å². The molecule has 21 heavy (non-hydrogen) atoms. The molecule has 3 nitrogen and oxygen atoms in total. The lowest BCUT2D eigenvalue weighted by atomic mass is 10.2. The van der Waals surface area contributed by atoms with Crippen molar-refractivity contribution in [2.24, 2.45) is 0 Å². The number of nitrogens with zero attached hydrogens (tertiary/aromatic N) is 2. The largest absolute Gasteiger partial charge is 0.454 e. The number of alkyl halides is 3. The highest BCUT2D eigenvalue weighted by Crippen LogP contribution is 2.24. The number of hydrogen-bond donors (Lipinski definition) is 0. The molecule has 108 valence electrons. The SMILES string of the molecule is O=C(/C=C/N(c1ccccc1)c1ccccn1)C(F)(F)F. The van der Waals surface area contributed by atoms with Gasteiger partial charge < -0.3 is 4.90 Å². The lowest BCUT2D eigenvalue weighted by molar-refractivity contribution is -0.165. The normalized spacial score (nSPS) is 11.6. The summed E-state index contributed by atoms with van der Waals surface area (Å²) in [7, 11) is 0. The summed E-state index contributed by atoms with van der Waals surface area (Å²) in [6.07, 6.45) is -1.82. The topological polar surface area (TPSA) is 33.2 Å². The van der Waals surface area contributed by atoms with Gasteiger partial charge in [-0.3, -0.25) is 4.79 Å². The third-order valence-corrected chi connectivity index (χ3v) is 2.58. The Morgan fingerprint density at radius 3 is 2.29 bits per heavy atom. The van der Waals surface area contributed by atoms with E-state index in [2.05, 4.69) is 4.98 Å². The molecule has 0 fully saturated rings. The van der Waals surface area contributed by atoms with E-state index in [9.17, 15) is 18.0 Å². The lowest BCUT2D eigenvalue weighted by Crippen LogP contribution is -2.21. The monoisotopic (exact) mass is 292 g/mol. The van der Waals surface area contributed by atoms with Crippen molar-refractivity contribution in [1.82, 2.24) is 4.98 Å². The summed E-state index contributed by atoms with van der Waals surface area (Å²) in [5.74, 6) is -1.51. The Kier molecular flexibility index (Phi) is 4.37. The average Bonchev–Trinajstić information content (AvgIpc) is 2.48. The van der Waals surface area contributed by atoms with Gasteiger partial charge in [0, 0.05) is 24.2 Å². The third-order valence-electron chi connectivity index (χ3n) is 2.58. The first-order chi connectivity index (χ1) is 9.98. The molecule has 0 saturated carbocycles. The second-order valence-electron chi connectivity index (χ2n) is 4.07. The Morgan fingerprint density at radius 2 is 1.71 bits per heavy atom. The molecule has 6 heteroatoms. The summed E-state index contributed by atoms with van der Waals surface area (Å²) in [6, 6.07) is 13.7. The zero-order valence-corrected chi connectivity index (χ0v) is 10.8. The number of rotatable bonds is 4. The molecule has 0 aliphatic heterocycles. The van der Waals surface area contributed by atoms with Crippen LogP contribution in [0.1, 0.15) is 0 Å². The highest BCUT2D eigenvalue weighted by atomic mass is 19.4. The maximum absolute atomic E-state index is 12.3. The Bertz CT molecular complexity index is 585. The molecule has 0 N–H and O–H groups in total. The summed E-state index contributed by atoms with van der Waals surface area (Å²) in [5.41, 5.74) is 0.599. The van der Waals surface area contributed by atoms with E-state index in [1.807, 2.05) is 0 Å². The van der Waals surface area contributed by atoms with E-state index in [0.29, 0.717) is 17.6 Å². The standard InChI is InChI=1S/C15H11F3N2O/c16-15(17,18)13(21)9-11-20(12-6-2-1-3-7-12)14-8-4-5-10-19-14/h1-11H/b11-9+. The maximum atomic E-state index is 12.3. The van der Waals surface area contributed by atoms with Crippen LogP contribution in [0.5, 0.6) is 0 Å². The zero-order chi connectivity index (χ0) is 15.3. The highest BCUT2D eigenvalue weighted by molar-refractivity contribution is 5.94. The fourth-order valence-electron chi connectivity index (χ4n) is 1.62. The molecule has 0 aliphatic carbocycles. The van der Waals surface area contributed by atoms with Crippen LogP contribution in [0.2, 0.25) is 0 Å². The molecular weight excluding hydrogens is 281 g/mol. The Balaban J connectivity index is 2.34. The number of halogens is 3. The second kappa shape index (κ2) is 6.21. The zero-order valence-electron chi connectivity index (χ0n) is 10.8. The van der Waals surface area contributed by atoms with E-state index in [1.165, 1.54) is 11.1 Å². The fraction of sp³-hybridized carbons (Fsp3) is 0.0667. The van der Waals surface area contributed by atoms with Gasteiger partial charge in [-0.1, -0.05) is 24.3 Å². The van der Waals surface area contributed by atoms with Crippen molar-refractivity contribution in [2.45, 2.75) is 6.18 Å². The number of anilines is 2. The predicted octanol–water partition coefficient (Wildman–Crippen LogP) is 3.86. The van der Waals surface area contributed by atoms with Gasteiger partial charge >= 0.3 is 6.18 Å².